The second kappa shape index (κ2) is 5.36. The molecule has 0 saturated heterocycles. The summed E-state index contributed by atoms with van der Waals surface area (Å²) in [5.41, 5.74) is 2.13. The lowest BCUT2D eigenvalue weighted by Crippen LogP contribution is -2.37. The average Bonchev–Trinajstić information content (AvgIpc) is 3.21. The van der Waals surface area contributed by atoms with Crippen molar-refractivity contribution in [3.8, 4) is 5.75 Å². The van der Waals surface area contributed by atoms with Gasteiger partial charge in [-0.1, -0.05) is 6.07 Å². The van der Waals surface area contributed by atoms with E-state index in [9.17, 15) is 8.42 Å². The summed E-state index contributed by atoms with van der Waals surface area (Å²) < 4.78 is 34.8. The normalized spacial score (nSPS) is 15.7. The van der Waals surface area contributed by atoms with E-state index < -0.39 is 10.0 Å². The molecule has 0 spiro atoms. The first-order valence-corrected chi connectivity index (χ1v) is 9.61. The number of nitrogens with zero attached hydrogens (tertiary/aromatic N) is 2. The van der Waals surface area contributed by atoms with Gasteiger partial charge >= 0.3 is 0 Å². The van der Waals surface area contributed by atoms with Crippen molar-refractivity contribution in [2.24, 2.45) is 0 Å². The molecular weight excluding hydrogens is 332 g/mol. The maximum absolute atomic E-state index is 12.7. The highest BCUT2D eigenvalue weighted by Crippen LogP contribution is 2.30. The van der Waals surface area contributed by atoms with Crippen LogP contribution in [0.5, 0.6) is 5.75 Å². The summed E-state index contributed by atoms with van der Waals surface area (Å²) in [5, 5.41) is 2.87. The SMILES string of the molecule is COc1ccc2c(c1)cc1n2CCN(S(=O)(=O)c2cccs2)C1. The Morgan fingerprint density at radius 3 is 2.78 bits per heavy atom. The average molecular weight is 348 g/mol. The summed E-state index contributed by atoms with van der Waals surface area (Å²) in [5.74, 6) is 0.809. The largest absolute Gasteiger partial charge is 0.497 e. The lowest BCUT2D eigenvalue weighted by molar-refractivity contribution is 0.346. The van der Waals surface area contributed by atoms with Crippen LogP contribution < -0.4 is 4.74 Å². The molecule has 0 amide bonds. The first-order chi connectivity index (χ1) is 11.1. The Morgan fingerprint density at radius 2 is 2.04 bits per heavy atom. The first kappa shape index (κ1) is 14.7. The molecule has 0 saturated carbocycles. The molecule has 1 aliphatic heterocycles. The second-order valence-electron chi connectivity index (χ2n) is 5.48. The monoisotopic (exact) mass is 348 g/mol. The minimum Gasteiger partial charge on any atom is -0.497 e. The third kappa shape index (κ3) is 2.36. The molecule has 23 heavy (non-hydrogen) atoms. The fourth-order valence-electron chi connectivity index (χ4n) is 3.04. The van der Waals surface area contributed by atoms with E-state index in [4.69, 9.17) is 4.74 Å². The van der Waals surface area contributed by atoms with Crippen molar-refractivity contribution in [3.63, 3.8) is 0 Å². The highest BCUT2D eigenvalue weighted by molar-refractivity contribution is 7.91. The third-order valence-electron chi connectivity index (χ3n) is 4.19. The van der Waals surface area contributed by atoms with Crippen molar-refractivity contribution in [2.75, 3.05) is 13.7 Å². The molecule has 0 aliphatic carbocycles. The maximum Gasteiger partial charge on any atom is 0.252 e. The fourth-order valence-corrected chi connectivity index (χ4v) is 5.59. The number of methoxy groups -OCH3 is 1. The number of thiophene rings is 1. The zero-order valence-electron chi connectivity index (χ0n) is 12.6. The molecule has 3 heterocycles. The van der Waals surface area contributed by atoms with E-state index in [-0.39, 0.29) is 0 Å². The van der Waals surface area contributed by atoms with Gasteiger partial charge < -0.3 is 9.30 Å². The summed E-state index contributed by atoms with van der Waals surface area (Å²) in [6, 6.07) is 11.4. The van der Waals surface area contributed by atoms with E-state index in [1.807, 2.05) is 24.3 Å². The van der Waals surface area contributed by atoms with Crippen LogP contribution in [0.15, 0.2) is 46.0 Å². The Bertz CT molecular complexity index is 959. The van der Waals surface area contributed by atoms with Crippen molar-refractivity contribution < 1.29 is 13.2 Å². The van der Waals surface area contributed by atoms with Crippen molar-refractivity contribution in [2.45, 2.75) is 17.3 Å². The van der Waals surface area contributed by atoms with Crippen molar-refractivity contribution in [1.82, 2.24) is 8.87 Å². The lowest BCUT2D eigenvalue weighted by Gasteiger charge is -2.27. The summed E-state index contributed by atoms with van der Waals surface area (Å²) in [6.07, 6.45) is 0. The smallest absolute Gasteiger partial charge is 0.252 e. The van der Waals surface area contributed by atoms with E-state index in [2.05, 4.69) is 4.57 Å². The molecule has 0 N–H and O–H groups in total. The van der Waals surface area contributed by atoms with Gasteiger partial charge in [0.25, 0.3) is 10.0 Å². The molecule has 4 rings (SSSR count). The predicted molar refractivity (Wildman–Crippen MR) is 90.4 cm³/mol. The van der Waals surface area contributed by atoms with Crippen molar-refractivity contribution in [3.05, 3.63) is 47.5 Å². The number of ether oxygens (including phenoxy) is 1. The molecule has 120 valence electrons. The van der Waals surface area contributed by atoms with Crippen LogP contribution in [-0.4, -0.2) is 30.9 Å². The molecule has 5 nitrogen and oxygen atoms in total. The van der Waals surface area contributed by atoms with E-state index in [0.717, 1.165) is 22.3 Å². The molecule has 2 aromatic heterocycles. The highest BCUT2D eigenvalue weighted by Gasteiger charge is 2.29. The van der Waals surface area contributed by atoms with E-state index in [0.29, 0.717) is 23.8 Å². The van der Waals surface area contributed by atoms with Crippen LogP contribution in [0.25, 0.3) is 10.9 Å². The topological polar surface area (TPSA) is 51.5 Å². The lowest BCUT2D eigenvalue weighted by atomic mass is 10.2. The zero-order chi connectivity index (χ0) is 16.0. The van der Waals surface area contributed by atoms with Crippen LogP contribution in [0.4, 0.5) is 0 Å². The van der Waals surface area contributed by atoms with Crippen LogP contribution in [0.3, 0.4) is 0 Å². The van der Waals surface area contributed by atoms with Crippen LogP contribution in [0.1, 0.15) is 5.69 Å². The highest BCUT2D eigenvalue weighted by atomic mass is 32.2. The molecule has 0 fully saturated rings. The summed E-state index contributed by atoms with van der Waals surface area (Å²) >= 11 is 1.26. The molecule has 0 bridgehead atoms. The Labute approximate surface area is 138 Å². The molecule has 0 radical (unpaired) electrons. The number of hydrogen-bond acceptors (Lipinski definition) is 4. The fraction of sp³-hybridized carbons (Fsp3) is 0.250. The van der Waals surface area contributed by atoms with Gasteiger partial charge in [-0.2, -0.15) is 4.31 Å². The van der Waals surface area contributed by atoms with Crippen LogP contribution in [-0.2, 0) is 23.1 Å². The van der Waals surface area contributed by atoms with Crippen LogP contribution >= 0.6 is 11.3 Å². The van der Waals surface area contributed by atoms with Gasteiger partial charge in [-0.15, -0.1) is 11.3 Å². The van der Waals surface area contributed by atoms with Crippen molar-refractivity contribution in [1.29, 1.82) is 0 Å². The van der Waals surface area contributed by atoms with E-state index in [1.54, 1.807) is 28.9 Å². The Morgan fingerprint density at radius 1 is 1.17 bits per heavy atom. The Kier molecular flexibility index (Phi) is 3.44. The summed E-state index contributed by atoms with van der Waals surface area (Å²) in [6.45, 7) is 1.55. The zero-order valence-corrected chi connectivity index (χ0v) is 14.2. The van der Waals surface area contributed by atoms with Gasteiger partial charge in [-0.05, 0) is 35.7 Å². The number of rotatable bonds is 3. The van der Waals surface area contributed by atoms with E-state index in [1.165, 1.54) is 11.3 Å². The molecule has 1 aliphatic rings. The summed E-state index contributed by atoms with van der Waals surface area (Å²) in [4.78, 5) is 0. The van der Waals surface area contributed by atoms with Gasteiger partial charge in [0.2, 0.25) is 0 Å². The molecule has 1 aromatic carbocycles. The molecule has 0 unspecified atom stereocenters. The Balaban J connectivity index is 1.72. The van der Waals surface area contributed by atoms with Crippen LogP contribution in [0.2, 0.25) is 0 Å². The standard InChI is InChI=1S/C16H16N2O3S2/c1-21-14-4-5-15-12(10-14)9-13-11-17(6-7-18(13)15)23(19,20)16-3-2-8-22-16/h2-5,8-10H,6-7,11H2,1H3. The molecular formula is C16H16N2O3S2. The minimum atomic E-state index is -3.40. The predicted octanol–water partition coefficient (Wildman–Crippen LogP) is 2.92. The van der Waals surface area contributed by atoms with Crippen LogP contribution in [0, 0.1) is 0 Å². The van der Waals surface area contributed by atoms with Gasteiger partial charge in [0, 0.05) is 29.7 Å². The Hall–Kier alpha value is -1.83. The minimum absolute atomic E-state index is 0.400. The van der Waals surface area contributed by atoms with Gasteiger partial charge in [-0.25, -0.2) is 8.42 Å². The number of hydrogen-bond donors (Lipinski definition) is 0. The maximum atomic E-state index is 12.7. The van der Waals surface area contributed by atoms with Gasteiger partial charge in [0.05, 0.1) is 13.7 Å². The van der Waals surface area contributed by atoms with Gasteiger partial charge in [0.1, 0.15) is 9.96 Å². The van der Waals surface area contributed by atoms with Crippen molar-refractivity contribution >= 4 is 32.3 Å². The summed E-state index contributed by atoms with van der Waals surface area (Å²) in [7, 11) is -1.75. The number of aromatic nitrogens is 1. The third-order valence-corrected chi connectivity index (χ3v) is 7.41. The van der Waals surface area contributed by atoms with Gasteiger partial charge in [0.15, 0.2) is 0 Å². The molecule has 7 heteroatoms. The van der Waals surface area contributed by atoms with E-state index >= 15 is 0 Å². The van der Waals surface area contributed by atoms with Gasteiger partial charge in [-0.3, -0.25) is 0 Å². The first-order valence-electron chi connectivity index (χ1n) is 7.29. The molecule has 0 atom stereocenters. The quantitative estimate of drug-likeness (QED) is 0.731. The second-order valence-corrected chi connectivity index (χ2v) is 8.60. The molecule has 3 aromatic rings. The number of benzene rings is 1. The number of fused-ring (bicyclic) bond motifs is 3. The number of sulfonamides is 1.